The minimum atomic E-state index is -1.04. The van der Waals surface area contributed by atoms with Crippen molar-refractivity contribution in [3.05, 3.63) is 34.4 Å². The summed E-state index contributed by atoms with van der Waals surface area (Å²) in [5.74, 6) is -3.36. The SMILES string of the molecule is Cc1cc(C)c(CC(=O)C2C(=O)CCC2C(=O)O)c(C)c1. The second-order valence-electron chi connectivity index (χ2n) is 5.95. The minimum Gasteiger partial charge on any atom is -0.481 e. The van der Waals surface area contributed by atoms with Crippen molar-refractivity contribution in [2.45, 2.75) is 40.0 Å². The number of rotatable bonds is 4. The Labute approximate surface area is 124 Å². The van der Waals surface area contributed by atoms with Gasteiger partial charge in [-0.25, -0.2) is 0 Å². The molecule has 1 aliphatic carbocycles. The summed E-state index contributed by atoms with van der Waals surface area (Å²) in [5, 5.41) is 9.16. The van der Waals surface area contributed by atoms with Gasteiger partial charge in [0.25, 0.3) is 0 Å². The van der Waals surface area contributed by atoms with Crippen LogP contribution in [0.2, 0.25) is 0 Å². The Balaban J connectivity index is 2.26. The van der Waals surface area contributed by atoms with Gasteiger partial charge in [-0.05, 0) is 43.9 Å². The molecule has 112 valence electrons. The zero-order valence-electron chi connectivity index (χ0n) is 12.6. The molecule has 0 radical (unpaired) electrons. The standard InChI is InChI=1S/C17H20O4/c1-9-6-10(2)13(11(3)7-9)8-15(19)16-12(17(20)21)4-5-14(16)18/h6-7,12,16H,4-5,8H2,1-3H3,(H,20,21). The van der Waals surface area contributed by atoms with Crippen LogP contribution >= 0.6 is 0 Å². The summed E-state index contributed by atoms with van der Waals surface area (Å²) < 4.78 is 0. The molecule has 2 rings (SSSR count). The Morgan fingerprint density at radius 2 is 1.76 bits per heavy atom. The first-order chi connectivity index (χ1) is 9.81. The molecule has 0 saturated heterocycles. The Hall–Kier alpha value is -1.97. The summed E-state index contributed by atoms with van der Waals surface area (Å²) in [5.41, 5.74) is 4.06. The van der Waals surface area contributed by atoms with Crippen molar-refractivity contribution in [1.82, 2.24) is 0 Å². The van der Waals surface area contributed by atoms with E-state index >= 15 is 0 Å². The predicted octanol–water partition coefficient (Wildman–Crippen LogP) is 2.40. The normalized spacial score (nSPS) is 21.6. The first-order valence-corrected chi connectivity index (χ1v) is 7.16. The monoisotopic (exact) mass is 288 g/mol. The smallest absolute Gasteiger partial charge is 0.307 e. The second-order valence-corrected chi connectivity index (χ2v) is 5.95. The van der Waals surface area contributed by atoms with Crippen LogP contribution in [0.4, 0.5) is 0 Å². The predicted molar refractivity (Wildman–Crippen MR) is 78.2 cm³/mol. The Bertz CT molecular complexity index is 592. The minimum absolute atomic E-state index is 0.137. The highest BCUT2D eigenvalue weighted by molar-refractivity contribution is 6.07. The van der Waals surface area contributed by atoms with E-state index in [4.69, 9.17) is 5.11 Å². The Kier molecular flexibility index (Phi) is 4.26. The summed E-state index contributed by atoms with van der Waals surface area (Å²) in [6, 6.07) is 4.00. The van der Waals surface area contributed by atoms with Gasteiger partial charge in [-0.2, -0.15) is 0 Å². The molecule has 0 heterocycles. The first kappa shape index (κ1) is 15.4. The highest BCUT2D eigenvalue weighted by Crippen LogP contribution is 2.31. The van der Waals surface area contributed by atoms with Crippen LogP contribution in [0.15, 0.2) is 12.1 Å². The molecule has 1 saturated carbocycles. The average Bonchev–Trinajstić information content (AvgIpc) is 2.75. The number of hydrogen-bond acceptors (Lipinski definition) is 3. The van der Waals surface area contributed by atoms with Gasteiger partial charge in [-0.1, -0.05) is 17.7 Å². The lowest BCUT2D eigenvalue weighted by atomic mass is 9.86. The third-order valence-electron chi connectivity index (χ3n) is 4.31. The van der Waals surface area contributed by atoms with Crippen LogP contribution in [0, 0.1) is 32.6 Å². The number of Topliss-reactive ketones (excluding diaryl/α,β-unsaturated/α-hetero) is 2. The number of carbonyl (C=O) groups excluding carboxylic acids is 2. The molecule has 21 heavy (non-hydrogen) atoms. The molecule has 4 heteroatoms. The van der Waals surface area contributed by atoms with Gasteiger partial charge in [0.15, 0.2) is 0 Å². The van der Waals surface area contributed by atoms with Crippen molar-refractivity contribution >= 4 is 17.5 Å². The van der Waals surface area contributed by atoms with E-state index in [9.17, 15) is 14.4 Å². The van der Waals surface area contributed by atoms with Crippen molar-refractivity contribution in [1.29, 1.82) is 0 Å². The van der Waals surface area contributed by atoms with Gasteiger partial charge in [0.05, 0.1) is 11.8 Å². The number of carboxylic acids is 1. The number of ketones is 2. The zero-order chi connectivity index (χ0) is 15.7. The fraction of sp³-hybridized carbons (Fsp3) is 0.471. The van der Waals surface area contributed by atoms with Gasteiger partial charge < -0.3 is 5.11 Å². The fourth-order valence-electron chi connectivity index (χ4n) is 3.29. The van der Waals surface area contributed by atoms with E-state index in [1.807, 2.05) is 32.9 Å². The molecule has 2 unspecified atom stereocenters. The summed E-state index contributed by atoms with van der Waals surface area (Å²) in [6.07, 6.45) is 0.605. The largest absolute Gasteiger partial charge is 0.481 e. The number of carboxylic acid groups (broad SMARTS) is 1. The van der Waals surface area contributed by atoms with E-state index in [2.05, 4.69) is 0 Å². The van der Waals surface area contributed by atoms with Crippen molar-refractivity contribution in [3.63, 3.8) is 0 Å². The van der Waals surface area contributed by atoms with Crippen molar-refractivity contribution in [3.8, 4) is 0 Å². The zero-order valence-corrected chi connectivity index (χ0v) is 12.6. The molecule has 1 N–H and O–H groups in total. The summed E-state index contributed by atoms with van der Waals surface area (Å²) in [7, 11) is 0. The van der Waals surface area contributed by atoms with Gasteiger partial charge in [0.1, 0.15) is 11.6 Å². The number of benzene rings is 1. The number of hydrogen-bond donors (Lipinski definition) is 1. The van der Waals surface area contributed by atoms with E-state index in [1.54, 1.807) is 0 Å². The molecular weight excluding hydrogens is 268 g/mol. The lowest BCUT2D eigenvalue weighted by Crippen LogP contribution is -2.31. The summed E-state index contributed by atoms with van der Waals surface area (Å²) in [4.78, 5) is 35.5. The van der Waals surface area contributed by atoms with Crippen LogP contribution in [0.3, 0.4) is 0 Å². The van der Waals surface area contributed by atoms with Crippen molar-refractivity contribution in [2.75, 3.05) is 0 Å². The van der Waals surface area contributed by atoms with Gasteiger partial charge in [-0.15, -0.1) is 0 Å². The van der Waals surface area contributed by atoms with Crippen molar-refractivity contribution < 1.29 is 19.5 Å². The van der Waals surface area contributed by atoms with Crippen LogP contribution in [-0.4, -0.2) is 22.6 Å². The maximum absolute atomic E-state index is 12.4. The highest BCUT2D eigenvalue weighted by atomic mass is 16.4. The summed E-state index contributed by atoms with van der Waals surface area (Å²) >= 11 is 0. The second kappa shape index (κ2) is 5.80. The first-order valence-electron chi connectivity index (χ1n) is 7.16. The summed E-state index contributed by atoms with van der Waals surface area (Å²) in [6.45, 7) is 5.87. The van der Waals surface area contributed by atoms with Gasteiger partial charge >= 0.3 is 5.97 Å². The Morgan fingerprint density at radius 3 is 2.29 bits per heavy atom. The van der Waals surface area contributed by atoms with E-state index in [1.165, 1.54) is 0 Å². The molecule has 1 aromatic rings. The van der Waals surface area contributed by atoms with Gasteiger partial charge in [-0.3, -0.25) is 14.4 Å². The molecule has 0 bridgehead atoms. The Morgan fingerprint density at radius 1 is 1.19 bits per heavy atom. The third kappa shape index (κ3) is 3.04. The topological polar surface area (TPSA) is 71.4 Å². The number of aliphatic carboxylic acids is 1. The van der Waals surface area contributed by atoms with E-state index in [0.29, 0.717) is 0 Å². The van der Waals surface area contributed by atoms with Gasteiger partial charge in [0, 0.05) is 12.8 Å². The van der Waals surface area contributed by atoms with E-state index < -0.39 is 17.8 Å². The quantitative estimate of drug-likeness (QED) is 0.864. The molecule has 2 atom stereocenters. The molecule has 0 aromatic heterocycles. The van der Waals surface area contributed by atoms with Crippen LogP contribution in [-0.2, 0) is 20.8 Å². The van der Waals surface area contributed by atoms with Gasteiger partial charge in [0.2, 0.25) is 0 Å². The van der Waals surface area contributed by atoms with E-state index in [0.717, 1.165) is 22.3 Å². The fourth-order valence-corrected chi connectivity index (χ4v) is 3.29. The molecule has 1 aromatic carbocycles. The van der Waals surface area contributed by atoms with E-state index in [-0.39, 0.29) is 30.8 Å². The molecule has 4 nitrogen and oxygen atoms in total. The molecule has 1 aliphatic rings. The molecular formula is C17H20O4. The molecule has 1 fully saturated rings. The van der Waals surface area contributed by atoms with Crippen molar-refractivity contribution in [2.24, 2.45) is 11.8 Å². The maximum Gasteiger partial charge on any atom is 0.307 e. The lowest BCUT2D eigenvalue weighted by molar-refractivity contribution is -0.147. The third-order valence-corrected chi connectivity index (χ3v) is 4.31. The van der Waals surface area contributed by atoms with Crippen LogP contribution in [0.1, 0.15) is 35.1 Å². The number of carbonyl (C=O) groups is 3. The highest BCUT2D eigenvalue weighted by Gasteiger charge is 2.43. The van der Waals surface area contributed by atoms with Crippen LogP contribution < -0.4 is 0 Å². The molecule has 0 spiro atoms. The lowest BCUT2D eigenvalue weighted by Gasteiger charge is -2.16. The molecule has 0 aliphatic heterocycles. The average molecular weight is 288 g/mol. The number of aryl methyl sites for hydroxylation is 3. The maximum atomic E-state index is 12.4. The van der Waals surface area contributed by atoms with Crippen LogP contribution in [0.25, 0.3) is 0 Å². The molecule has 0 amide bonds. The van der Waals surface area contributed by atoms with Crippen LogP contribution in [0.5, 0.6) is 0 Å².